The van der Waals surface area contributed by atoms with Gasteiger partial charge in [0.05, 0.1) is 19.3 Å². The first kappa shape index (κ1) is 13.8. The van der Waals surface area contributed by atoms with E-state index in [2.05, 4.69) is 20.0 Å². The molecule has 6 nitrogen and oxygen atoms in total. The molecule has 1 saturated carbocycles. The number of ether oxygens (including phenoxy) is 1. The van der Waals surface area contributed by atoms with E-state index >= 15 is 0 Å². The van der Waals surface area contributed by atoms with Crippen molar-refractivity contribution in [3.8, 4) is 11.4 Å². The van der Waals surface area contributed by atoms with Gasteiger partial charge in [0.1, 0.15) is 0 Å². The van der Waals surface area contributed by atoms with Crippen molar-refractivity contribution in [1.82, 2.24) is 20.0 Å². The summed E-state index contributed by atoms with van der Waals surface area (Å²) < 4.78 is 11.3. The molecule has 2 aliphatic rings. The smallest absolute Gasteiger partial charge is 0.241 e. The van der Waals surface area contributed by atoms with Crippen LogP contribution in [0.5, 0.6) is 0 Å². The summed E-state index contributed by atoms with van der Waals surface area (Å²) in [5.74, 6) is 1.28. The van der Waals surface area contributed by atoms with Crippen LogP contribution in [0.3, 0.4) is 0 Å². The van der Waals surface area contributed by atoms with E-state index in [1.54, 1.807) is 12.4 Å². The molecular weight excluding hydrogens is 280 g/mol. The Morgan fingerprint density at radius 1 is 1.27 bits per heavy atom. The Labute approximate surface area is 129 Å². The maximum absolute atomic E-state index is 5.91. The monoisotopic (exact) mass is 300 g/mol. The summed E-state index contributed by atoms with van der Waals surface area (Å²) in [5, 5.41) is 4.07. The molecule has 116 valence electrons. The van der Waals surface area contributed by atoms with E-state index in [1.807, 2.05) is 12.1 Å². The van der Waals surface area contributed by atoms with Crippen molar-refractivity contribution in [2.75, 3.05) is 13.2 Å². The van der Waals surface area contributed by atoms with E-state index in [0.717, 1.165) is 18.7 Å². The number of nitrogens with zero attached hydrogens (tertiary/aromatic N) is 4. The van der Waals surface area contributed by atoms with E-state index in [0.29, 0.717) is 30.4 Å². The van der Waals surface area contributed by atoms with Gasteiger partial charge in [0.25, 0.3) is 0 Å². The van der Waals surface area contributed by atoms with Crippen LogP contribution in [0.1, 0.15) is 31.6 Å². The predicted octanol–water partition coefficient (Wildman–Crippen LogP) is 2.28. The SMILES string of the molecule is c1cncc(-c2noc(CN3CCO[C@H]4CCCC[C@@H]43)n2)c1. The van der Waals surface area contributed by atoms with E-state index in [9.17, 15) is 0 Å². The number of rotatable bonds is 3. The van der Waals surface area contributed by atoms with Crippen LogP contribution in [0, 0.1) is 0 Å². The summed E-state index contributed by atoms with van der Waals surface area (Å²) >= 11 is 0. The molecule has 2 fully saturated rings. The number of aromatic nitrogens is 3. The zero-order valence-electron chi connectivity index (χ0n) is 12.5. The third-order valence-electron chi connectivity index (χ3n) is 4.57. The second kappa shape index (κ2) is 6.14. The molecule has 0 spiro atoms. The van der Waals surface area contributed by atoms with Crippen molar-refractivity contribution in [3.63, 3.8) is 0 Å². The minimum absolute atomic E-state index is 0.378. The number of pyridine rings is 1. The Hall–Kier alpha value is -1.79. The van der Waals surface area contributed by atoms with Crippen LogP contribution in [0.15, 0.2) is 29.0 Å². The summed E-state index contributed by atoms with van der Waals surface area (Å²) in [6.45, 7) is 2.44. The molecule has 1 saturated heterocycles. The maximum atomic E-state index is 5.91. The first-order valence-corrected chi connectivity index (χ1v) is 7.99. The zero-order chi connectivity index (χ0) is 14.8. The summed E-state index contributed by atoms with van der Waals surface area (Å²) in [4.78, 5) is 11.0. The van der Waals surface area contributed by atoms with Crippen molar-refractivity contribution < 1.29 is 9.26 Å². The second-order valence-corrected chi connectivity index (χ2v) is 5.98. The van der Waals surface area contributed by atoms with Crippen molar-refractivity contribution in [2.24, 2.45) is 0 Å². The highest BCUT2D eigenvalue weighted by molar-refractivity contribution is 5.51. The summed E-state index contributed by atoms with van der Waals surface area (Å²) in [6, 6.07) is 4.31. The minimum Gasteiger partial charge on any atom is -0.375 e. The van der Waals surface area contributed by atoms with E-state index in [1.165, 1.54) is 25.7 Å². The molecule has 0 bridgehead atoms. The Kier molecular flexibility index (Phi) is 3.86. The highest BCUT2D eigenvalue weighted by atomic mass is 16.5. The highest BCUT2D eigenvalue weighted by Crippen LogP contribution is 2.29. The Bertz CT molecular complexity index is 614. The summed E-state index contributed by atoms with van der Waals surface area (Å²) in [6.07, 6.45) is 8.80. The van der Waals surface area contributed by atoms with Crippen LogP contribution < -0.4 is 0 Å². The maximum Gasteiger partial charge on any atom is 0.241 e. The molecule has 2 aromatic rings. The Morgan fingerprint density at radius 3 is 3.14 bits per heavy atom. The average molecular weight is 300 g/mol. The van der Waals surface area contributed by atoms with Gasteiger partial charge in [0.15, 0.2) is 0 Å². The molecule has 0 unspecified atom stereocenters. The van der Waals surface area contributed by atoms with Gasteiger partial charge in [-0.1, -0.05) is 18.0 Å². The summed E-state index contributed by atoms with van der Waals surface area (Å²) in [7, 11) is 0. The molecule has 2 aromatic heterocycles. The molecule has 1 aliphatic carbocycles. The molecule has 0 aromatic carbocycles. The van der Waals surface area contributed by atoms with Crippen LogP contribution in [0.25, 0.3) is 11.4 Å². The average Bonchev–Trinajstić information content (AvgIpc) is 3.05. The second-order valence-electron chi connectivity index (χ2n) is 5.98. The lowest BCUT2D eigenvalue weighted by Crippen LogP contribution is -2.52. The Morgan fingerprint density at radius 2 is 2.23 bits per heavy atom. The molecule has 4 rings (SSSR count). The minimum atomic E-state index is 0.378. The molecule has 22 heavy (non-hydrogen) atoms. The van der Waals surface area contributed by atoms with Crippen molar-refractivity contribution >= 4 is 0 Å². The molecule has 3 heterocycles. The topological polar surface area (TPSA) is 64.3 Å². The first-order chi connectivity index (χ1) is 10.9. The molecule has 2 atom stereocenters. The van der Waals surface area contributed by atoms with Crippen LogP contribution in [-0.2, 0) is 11.3 Å². The van der Waals surface area contributed by atoms with Gasteiger partial charge in [0.2, 0.25) is 11.7 Å². The third kappa shape index (κ3) is 2.76. The van der Waals surface area contributed by atoms with Gasteiger partial charge in [-0.2, -0.15) is 4.98 Å². The molecule has 0 amide bonds. The zero-order valence-corrected chi connectivity index (χ0v) is 12.5. The van der Waals surface area contributed by atoms with Gasteiger partial charge in [-0.15, -0.1) is 0 Å². The van der Waals surface area contributed by atoms with Crippen molar-refractivity contribution in [3.05, 3.63) is 30.4 Å². The largest absolute Gasteiger partial charge is 0.375 e. The fourth-order valence-electron chi connectivity index (χ4n) is 3.48. The quantitative estimate of drug-likeness (QED) is 0.866. The van der Waals surface area contributed by atoms with Crippen LogP contribution in [-0.4, -0.2) is 45.3 Å². The molecule has 0 radical (unpaired) electrons. The number of hydrogen-bond acceptors (Lipinski definition) is 6. The molecule has 1 aliphatic heterocycles. The fourth-order valence-corrected chi connectivity index (χ4v) is 3.48. The van der Waals surface area contributed by atoms with Gasteiger partial charge in [-0.05, 0) is 25.0 Å². The molecular formula is C16H20N4O2. The van der Waals surface area contributed by atoms with Crippen molar-refractivity contribution in [2.45, 2.75) is 44.4 Å². The third-order valence-corrected chi connectivity index (χ3v) is 4.57. The normalized spacial score (nSPS) is 25.8. The first-order valence-electron chi connectivity index (χ1n) is 7.99. The lowest BCUT2D eigenvalue weighted by atomic mass is 9.90. The number of hydrogen-bond donors (Lipinski definition) is 0. The van der Waals surface area contributed by atoms with E-state index in [4.69, 9.17) is 9.26 Å². The Balaban J connectivity index is 1.48. The summed E-state index contributed by atoms with van der Waals surface area (Å²) in [5.41, 5.74) is 0.884. The van der Waals surface area contributed by atoms with Crippen LogP contribution >= 0.6 is 0 Å². The lowest BCUT2D eigenvalue weighted by molar-refractivity contribution is -0.0933. The van der Waals surface area contributed by atoms with E-state index < -0.39 is 0 Å². The standard InChI is InChI=1S/C16H20N4O2/c1-2-6-14-13(5-1)20(8-9-21-14)11-15-18-16(19-22-15)12-4-3-7-17-10-12/h3-4,7,10,13-14H,1-2,5-6,8-9,11H2/t13-,14-/m0/s1. The van der Waals surface area contributed by atoms with Gasteiger partial charge in [-0.25, -0.2) is 0 Å². The van der Waals surface area contributed by atoms with Crippen LogP contribution in [0.2, 0.25) is 0 Å². The van der Waals surface area contributed by atoms with Gasteiger partial charge < -0.3 is 9.26 Å². The molecule has 6 heteroatoms. The number of fused-ring (bicyclic) bond motifs is 1. The van der Waals surface area contributed by atoms with Crippen molar-refractivity contribution in [1.29, 1.82) is 0 Å². The fraction of sp³-hybridized carbons (Fsp3) is 0.562. The van der Waals surface area contributed by atoms with E-state index in [-0.39, 0.29) is 0 Å². The highest BCUT2D eigenvalue weighted by Gasteiger charge is 2.34. The predicted molar refractivity (Wildman–Crippen MR) is 79.9 cm³/mol. The molecule has 0 N–H and O–H groups in total. The van der Waals surface area contributed by atoms with Gasteiger partial charge in [-0.3, -0.25) is 9.88 Å². The van der Waals surface area contributed by atoms with Gasteiger partial charge in [0, 0.05) is 30.5 Å². The number of morpholine rings is 1. The van der Waals surface area contributed by atoms with Crippen LogP contribution in [0.4, 0.5) is 0 Å². The lowest BCUT2D eigenvalue weighted by Gasteiger charge is -2.43. The van der Waals surface area contributed by atoms with Gasteiger partial charge >= 0.3 is 0 Å².